The molecule has 0 aliphatic rings. The predicted molar refractivity (Wildman–Crippen MR) is 89.4 cm³/mol. The number of aliphatic hydroxyl groups is 1. The van der Waals surface area contributed by atoms with Crippen LogP contribution < -0.4 is 5.32 Å². The summed E-state index contributed by atoms with van der Waals surface area (Å²) in [6.07, 6.45) is 0.975. The van der Waals surface area contributed by atoms with E-state index in [1.54, 1.807) is 0 Å². The summed E-state index contributed by atoms with van der Waals surface area (Å²) in [6, 6.07) is 6.28. The minimum Gasteiger partial charge on any atom is -0.395 e. The fourth-order valence-electron chi connectivity index (χ4n) is 2.28. The molecule has 20 heavy (non-hydrogen) atoms. The maximum atomic E-state index is 9.04. The molecule has 0 saturated heterocycles. The van der Waals surface area contributed by atoms with Gasteiger partial charge in [0.1, 0.15) is 0 Å². The summed E-state index contributed by atoms with van der Waals surface area (Å²) in [6.45, 7) is 7.95. The van der Waals surface area contributed by atoms with Gasteiger partial charge in [-0.2, -0.15) is 0 Å². The van der Waals surface area contributed by atoms with Crippen LogP contribution in [0.25, 0.3) is 0 Å². The fourth-order valence-corrected chi connectivity index (χ4v) is 3.08. The number of hydrogen-bond acceptors (Lipinski definition) is 3. The Hall–Kier alpha value is -0.130. The molecule has 0 spiro atoms. The zero-order chi connectivity index (χ0) is 15.0. The van der Waals surface area contributed by atoms with Gasteiger partial charge in [0.25, 0.3) is 0 Å². The minimum atomic E-state index is 0.207. The van der Waals surface area contributed by atoms with Crippen molar-refractivity contribution in [2.75, 3.05) is 32.8 Å². The summed E-state index contributed by atoms with van der Waals surface area (Å²) in [5.41, 5.74) is 1.14. The third-order valence-electron chi connectivity index (χ3n) is 3.39. The van der Waals surface area contributed by atoms with Crippen LogP contribution in [0.1, 0.15) is 31.9 Å². The molecule has 3 nitrogen and oxygen atoms in total. The highest BCUT2D eigenvalue weighted by Gasteiger charge is 2.15. The van der Waals surface area contributed by atoms with Crippen LogP contribution in [0.5, 0.6) is 0 Å². The largest absolute Gasteiger partial charge is 0.395 e. The smallest absolute Gasteiger partial charge is 0.0558 e. The molecule has 0 aliphatic carbocycles. The molecule has 1 unspecified atom stereocenters. The third-order valence-corrected chi connectivity index (χ3v) is 4.21. The molecule has 0 amide bonds. The van der Waals surface area contributed by atoms with Crippen LogP contribution in [-0.4, -0.2) is 42.8 Å². The van der Waals surface area contributed by atoms with E-state index in [1.807, 2.05) is 12.1 Å². The summed E-state index contributed by atoms with van der Waals surface area (Å²) < 4.78 is 0.997. The number of aliphatic hydroxyl groups excluding tert-OH is 1. The second-order valence-corrected chi connectivity index (χ2v) is 6.05. The van der Waals surface area contributed by atoms with Crippen LogP contribution >= 0.6 is 27.5 Å². The Morgan fingerprint density at radius 2 is 2.10 bits per heavy atom. The van der Waals surface area contributed by atoms with E-state index in [1.165, 1.54) is 0 Å². The number of nitrogens with one attached hydrogen (secondary N) is 1. The van der Waals surface area contributed by atoms with Crippen LogP contribution in [0.4, 0.5) is 0 Å². The van der Waals surface area contributed by atoms with Crippen LogP contribution in [0.3, 0.4) is 0 Å². The highest BCUT2D eigenvalue weighted by atomic mass is 79.9. The van der Waals surface area contributed by atoms with E-state index in [0.29, 0.717) is 0 Å². The highest BCUT2D eigenvalue weighted by Crippen LogP contribution is 2.28. The van der Waals surface area contributed by atoms with Crippen LogP contribution in [0, 0.1) is 0 Å². The van der Waals surface area contributed by atoms with E-state index in [9.17, 15) is 0 Å². The molecule has 0 heterocycles. The second-order valence-electron chi connectivity index (χ2n) is 4.72. The third kappa shape index (κ3) is 5.70. The van der Waals surface area contributed by atoms with Crippen LogP contribution in [-0.2, 0) is 0 Å². The van der Waals surface area contributed by atoms with Gasteiger partial charge in [-0.1, -0.05) is 47.4 Å². The summed E-state index contributed by atoms with van der Waals surface area (Å²) in [5, 5.41) is 13.3. The average Bonchev–Trinajstić information content (AvgIpc) is 2.42. The van der Waals surface area contributed by atoms with Crippen molar-refractivity contribution in [3.63, 3.8) is 0 Å². The van der Waals surface area contributed by atoms with E-state index in [2.05, 4.69) is 46.1 Å². The topological polar surface area (TPSA) is 35.5 Å². The first-order valence-electron chi connectivity index (χ1n) is 7.13. The average molecular weight is 364 g/mol. The number of rotatable bonds is 9. The first-order chi connectivity index (χ1) is 9.62. The number of likely N-dealkylation sites (N-methyl/N-ethyl adjacent to an activating group) is 1. The lowest BCUT2D eigenvalue weighted by Crippen LogP contribution is -2.31. The van der Waals surface area contributed by atoms with E-state index in [4.69, 9.17) is 16.7 Å². The normalized spacial score (nSPS) is 12.9. The molecule has 0 bridgehead atoms. The Balaban J connectivity index is 2.72. The molecule has 114 valence electrons. The highest BCUT2D eigenvalue weighted by molar-refractivity contribution is 9.10. The van der Waals surface area contributed by atoms with Crippen LogP contribution in [0.2, 0.25) is 5.02 Å². The van der Waals surface area contributed by atoms with Crippen molar-refractivity contribution in [2.45, 2.75) is 26.3 Å². The monoisotopic (exact) mass is 362 g/mol. The molecule has 1 rings (SSSR count). The quantitative estimate of drug-likeness (QED) is 0.705. The molecule has 1 atom stereocenters. The summed E-state index contributed by atoms with van der Waals surface area (Å²) in [4.78, 5) is 2.25. The van der Waals surface area contributed by atoms with Crippen LogP contribution in [0.15, 0.2) is 22.7 Å². The van der Waals surface area contributed by atoms with Gasteiger partial charge in [-0.3, -0.25) is 0 Å². The maximum absolute atomic E-state index is 9.04. The first-order valence-corrected chi connectivity index (χ1v) is 8.31. The van der Waals surface area contributed by atoms with Gasteiger partial charge in [0.05, 0.1) is 6.61 Å². The molecule has 1 aromatic rings. The SMILES string of the molecule is CCNC(CCN(CC)CCO)c1ccc(Br)cc1Cl. The fraction of sp³-hybridized carbons (Fsp3) is 0.600. The maximum Gasteiger partial charge on any atom is 0.0558 e. The van der Waals surface area contributed by atoms with Crippen molar-refractivity contribution in [3.05, 3.63) is 33.3 Å². The molecule has 0 aliphatic heterocycles. The molecule has 1 aromatic carbocycles. The van der Waals surface area contributed by atoms with E-state index >= 15 is 0 Å². The first kappa shape index (κ1) is 17.9. The lowest BCUT2D eigenvalue weighted by molar-refractivity contribution is 0.195. The van der Waals surface area contributed by atoms with Gasteiger partial charge in [0.15, 0.2) is 0 Å². The van der Waals surface area contributed by atoms with Crippen molar-refractivity contribution in [1.82, 2.24) is 10.2 Å². The van der Waals surface area contributed by atoms with Crippen molar-refractivity contribution < 1.29 is 5.11 Å². The Labute approximate surface area is 135 Å². The van der Waals surface area contributed by atoms with Crippen molar-refractivity contribution in [3.8, 4) is 0 Å². The number of halogens is 2. The molecule has 0 saturated carbocycles. The number of nitrogens with zero attached hydrogens (tertiary/aromatic N) is 1. The molecule has 2 N–H and O–H groups in total. The molecular formula is C15H24BrClN2O. The minimum absolute atomic E-state index is 0.207. The van der Waals surface area contributed by atoms with Crippen molar-refractivity contribution in [2.24, 2.45) is 0 Å². The Morgan fingerprint density at radius 3 is 2.65 bits per heavy atom. The zero-order valence-corrected chi connectivity index (χ0v) is 14.5. The van der Waals surface area contributed by atoms with E-state index in [-0.39, 0.29) is 12.6 Å². The van der Waals surface area contributed by atoms with E-state index in [0.717, 1.165) is 47.7 Å². The summed E-state index contributed by atoms with van der Waals surface area (Å²) in [5.74, 6) is 0. The number of hydrogen-bond donors (Lipinski definition) is 2. The van der Waals surface area contributed by atoms with Gasteiger partial charge in [0.2, 0.25) is 0 Å². The van der Waals surface area contributed by atoms with Gasteiger partial charge in [-0.05, 0) is 37.2 Å². The molecule has 5 heteroatoms. The molecule has 0 fully saturated rings. The second kappa shape index (κ2) is 9.74. The van der Waals surface area contributed by atoms with Crippen molar-refractivity contribution in [1.29, 1.82) is 0 Å². The summed E-state index contributed by atoms with van der Waals surface area (Å²) in [7, 11) is 0. The Morgan fingerprint density at radius 1 is 1.35 bits per heavy atom. The Bertz CT molecular complexity index is 403. The van der Waals surface area contributed by atoms with Gasteiger partial charge in [0, 0.05) is 28.6 Å². The lowest BCUT2D eigenvalue weighted by atomic mass is 10.0. The van der Waals surface area contributed by atoms with Gasteiger partial charge in [-0.25, -0.2) is 0 Å². The zero-order valence-electron chi connectivity index (χ0n) is 12.2. The lowest BCUT2D eigenvalue weighted by Gasteiger charge is -2.24. The van der Waals surface area contributed by atoms with Crippen molar-refractivity contribution >= 4 is 27.5 Å². The number of benzene rings is 1. The standard InChI is InChI=1S/C15H24BrClN2O/c1-3-18-15(7-8-19(4-2)9-10-20)13-6-5-12(16)11-14(13)17/h5-6,11,15,18,20H,3-4,7-10H2,1-2H3. The van der Waals surface area contributed by atoms with Gasteiger partial charge < -0.3 is 15.3 Å². The molecular weight excluding hydrogens is 340 g/mol. The van der Waals surface area contributed by atoms with E-state index < -0.39 is 0 Å². The summed E-state index contributed by atoms with van der Waals surface area (Å²) >= 11 is 9.78. The molecule has 0 aromatic heterocycles. The van der Waals surface area contributed by atoms with Gasteiger partial charge >= 0.3 is 0 Å². The van der Waals surface area contributed by atoms with Gasteiger partial charge in [-0.15, -0.1) is 0 Å². The Kier molecular flexibility index (Phi) is 8.73. The molecule has 0 radical (unpaired) electrons. The predicted octanol–water partition coefficient (Wildman–Crippen LogP) is 3.46.